The van der Waals surface area contributed by atoms with Crippen LogP contribution in [-0.2, 0) is 0 Å². The predicted molar refractivity (Wildman–Crippen MR) is 93.0 cm³/mol. The molecule has 23 heavy (non-hydrogen) atoms. The van der Waals surface area contributed by atoms with Crippen LogP contribution in [-0.4, -0.2) is 53.6 Å². The van der Waals surface area contributed by atoms with Crippen molar-refractivity contribution in [2.75, 3.05) is 26.2 Å². The SMILES string of the molecule is Cc1ccc(C)c(OCC(O)CN2CCCC(C(C)O)C2)c1C. The van der Waals surface area contributed by atoms with Crippen LogP contribution in [0, 0.1) is 26.7 Å². The fraction of sp³-hybridized carbons (Fsp3) is 0.684. The molecular weight excluding hydrogens is 290 g/mol. The Morgan fingerprint density at radius 3 is 2.61 bits per heavy atom. The number of nitrogens with zero attached hydrogens (tertiary/aromatic N) is 1. The monoisotopic (exact) mass is 321 g/mol. The maximum absolute atomic E-state index is 10.3. The average molecular weight is 321 g/mol. The smallest absolute Gasteiger partial charge is 0.125 e. The van der Waals surface area contributed by atoms with E-state index in [0.717, 1.165) is 42.8 Å². The van der Waals surface area contributed by atoms with Crippen LogP contribution in [0.4, 0.5) is 0 Å². The highest BCUT2D eigenvalue weighted by atomic mass is 16.5. The van der Waals surface area contributed by atoms with Crippen LogP contribution in [0.15, 0.2) is 12.1 Å². The number of rotatable bonds is 6. The summed E-state index contributed by atoms with van der Waals surface area (Å²) >= 11 is 0. The van der Waals surface area contributed by atoms with Gasteiger partial charge in [-0.3, -0.25) is 0 Å². The number of aliphatic hydroxyl groups excluding tert-OH is 2. The summed E-state index contributed by atoms with van der Waals surface area (Å²) in [6.45, 7) is 10.8. The van der Waals surface area contributed by atoms with Crippen molar-refractivity contribution >= 4 is 0 Å². The Hall–Kier alpha value is -1.10. The van der Waals surface area contributed by atoms with Gasteiger partial charge in [0, 0.05) is 13.1 Å². The number of likely N-dealkylation sites (tertiary alicyclic amines) is 1. The van der Waals surface area contributed by atoms with Gasteiger partial charge in [0.15, 0.2) is 0 Å². The van der Waals surface area contributed by atoms with Gasteiger partial charge in [-0.05, 0) is 69.7 Å². The largest absolute Gasteiger partial charge is 0.490 e. The minimum atomic E-state index is -0.512. The first kappa shape index (κ1) is 18.2. The van der Waals surface area contributed by atoms with E-state index >= 15 is 0 Å². The van der Waals surface area contributed by atoms with Gasteiger partial charge in [0.25, 0.3) is 0 Å². The number of benzene rings is 1. The van der Waals surface area contributed by atoms with Crippen molar-refractivity contribution in [2.24, 2.45) is 5.92 Å². The molecule has 1 aliphatic rings. The maximum Gasteiger partial charge on any atom is 0.125 e. The molecule has 130 valence electrons. The van der Waals surface area contributed by atoms with Gasteiger partial charge in [-0.2, -0.15) is 0 Å². The zero-order chi connectivity index (χ0) is 17.0. The first-order valence-electron chi connectivity index (χ1n) is 8.66. The molecule has 4 heteroatoms. The highest BCUT2D eigenvalue weighted by molar-refractivity contribution is 5.44. The van der Waals surface area contributed by atoms with E-state index in [2.05, 4.69) is 30.9 Å². The topological polar surface area (TPSA) is 52.9 Å². The Labute approximate surface area is 140 Å². The van der Waals surface area contributed by atoms with Gasteiger partial charge in [-0.1, -0.05) is 12.1 Å². The minimum Gasteiger partial charge on any atom is -0.490 e. The molecule has 0 radical (unpaired) electrons. The molecule has 0 spiro atoms. The average Bonchev–Trinajstić information content (AvgIpc) is 2.51. The zero-order valence-corrected chi connectivity index (χ0v) is 14.9. The number of piperidine rings is 1. The molecule has 3 atom stereocenters. The number of hydrogen-bond donors (Lipinski definition) is 2. The molecule has 1 heterocycles. The van der Waals surface area contributed by atoms with Gasteiger partial charge in [0.1, 0.15) is 18.5 Å². The Balaban J connectivity index is 1.86. The van der Waals surface area contributed by atoms with Crippen molar-refractivity contribution in [3.63, 3.8) is 0 Å². The Bertz CT molecular complexity index is 516. The van der Waals surface area contributed by atoms with E-state index in [0.29, 0.717) is 19.1 Å². The Morgan fingerprint density at radius 1 is 1.22 bits per heavy atom. The molecule has 1 aliphatic heterocycles. The number of aliphatic hydroxyl groups is 2. The molecule has 0 aliphatic carbocycles. The summed E-state index contributed by atoms with van der Waals surface area (Å²) in [5.74, 6) is 1.21. The molecular formula is C19H31NO3. The van der Waals surface area contributed by atoms with Crippen LogP contribution >= 0.6 is 0 Å². The van der Waals surface area contributed by atoms with E-state index in [9.17, 15) is 10.2 Å². The zero-order valence-electron chi connectivity index (χ0n) is 14.9. The first-order chi connectivity index (χ1) is 10.9. The molecule has 0 bridgehead atoms. The lowest BCUT2D eigenvalue weighted by molar-refractivity contribution is 0.0242. The highest BCUT2D eigenvalue weighted by Crippen LogP contribution is 2.26. The van der Waals surface area contributed by atoms with Crippen LogP contribution in [0.25, 0.3) is 0 Å². The summed E-state index contributed by atoms with van der Waals surface area (Å²) in [4.78, 5) is 2.24. The summed E-state index contributed by atoms with van der Waals surface area (Å²) < 4.78 is 5.90. The molecule has 0 saturated carbocycles. The van der Waals surface area contributed by atoms with Crippen molar-refractivity contribution in [1.29, 1.82) is 0 Å². The molecule has 1 aromatic carbocycles. The molecule has 3 unspecified atom stereocenters. The van der Waals surface area contributed by atoms with Crippen molar-refractivity contribution < 1.29 is 14.9 Å². The first-order valence-corrected chi connectivity index (χ1v) is 8.66. The fourth-order valence-corrected chi connectivity index (χ4v) is 3.33. The number of aryl methyl sites for hydroxylation is 2. The van der Waals surface area contributed by atoms with Gasteiger partial charge >= 0.3 is 0 Å². The molecule has 1 fully saturated rings. The third-order valence-corrected chi connectivity index (χ3v) is 4.99. The summed E-state index contributed by atoms with van der Waals surface area (Å²) in [6.07, 6.45) is 1.37. The highest BCUT2D eigenvalue weighted by Gasteiger charge is 2.25. The van der Waals surface area contributed by atoms with Crippen LogP contribution in [0.1, 0.15) is 36.5 Å². The predicted octanol–water partition coefficient (Wildman–Crippen LogP) is 2.44. The fourth-order valence-electron chi connectivity index (χ4n) is 3.33. The lowest BCUT2D eigenvalue weighted by Crippen LogP contribution is -2.44. The normalized spacial score (nSPS) is 21.9. The van der Waals surface area contributed by atoms with Gasteiger partial charge in [0.05, 0.1) is 6.10 Å². The van der Waals surface area contributed by atoms with Gasteiger partial charge in [0.2, 0.25) is 0 Å². The van der Waals surface area contributed by atoms with E-state index in [1.165, 1.54) is 5.56 Å². The maximum atomic E-state index is 10.3. The van der Waals surface area contributed by atoms with Gasteiger partial charge < -0.3 is 19.8 Å². The van der Waals surface area contributed by atoms with E-state index in [1.54, 1.807) is 0 Å². The molecule has 4 nitrogen and oxygen atoms in total. The van der Waals surface area contributed by atoms with Gasteiger partial charge in [-0.15, -0.1) is 0 Å². The van der Waals surface area contributed by atoms with E-state index in [1.807, 2.05) is 13.8 Å². The van der Waals surface area contributed by atoms with E-state index < -0.39 is 6.10 Å². The number of β-amino-alcohol motifs (C(OH)–C–C–N with tert-alkyl or cyclic N) is 1. The summed E-state index contributed by atoms with van der Waals surface area (Å²) in [7, 11) is 0. The quantitative estimate of drug-likeness (QED) is 0.845. The molecule has 0 aromatic heterocycles. The third-order valence-electron chi connectivity index (χ3n) is 4.99. The lowest BCUT2D eigenvalue weighted by Gasteiger charge is -2.35. The van der Waals surface area contributed by atoms with Crippen molar-refractivity contribution in [2.45, 2.75) is 52.7 Å². The van der Waals surface area contributed by atoms with Crippen LogP contribution < -0.4 is 4.74 Å². The molecule has 1 aromatic rings. The van der Waals surface area contributed by atoms with Gasteiger partial charge in [-0.25, -0.2) is 0 Å². The van der Waals surface area contributed by atoms with Crippen LogP contribution in [0.2, 0.25) is 0 Å². The Kier molecular flexibility index (Phi) is 6.45. The van der Waals surface area contributed by atoms with E-state index in [4.69, 9.17) is 4.74 Å². The lowest BCUT2D eigenvalue weighted by atomic mass is 9.93. The second kappa shape index (κ2) is 8.13. The van der Waals surface area contributed by atoms with Crippen LogP contribution in [0.5, 0.6) is 5.75 Å². The van der Waals surface area contributed by atoms with Crippen molar-refractivity contribution in [3.8, 4) is 5.75 Å². The van der Waals surface area contributed by atoms with Crippen LogP contribution in [0.3, 0.4) is 0 Å². The number of hydrogen-bond acceptors (Lipinski definition) is 4. The second-order valence-corrected chi connectivity index (χ2v) is 7.02. The number of ether oxygens (including phenoxy) is 1. The third kappa shape index (κ3) is 4.93. The standard InChI is InChI=1S/C19H31NO3/c1-13-7-8-14(2)19(15(13)3)23-12-18(22)11-20-9-5-6-17(10-20)16(4)21/h7-8,16-18,21-22H,5-6,9-12H2,1-4H3. The summed E-state index contributed by atoms with van der Waals surface area (Å²) in [6, 6.07) is 4.15. The minimum absolute atomic E-state index is 0.274. The summed E-state index contributed by atoms with van der Waals surface area (Å²) in [5.41, 5.74) is 3.45. The van der Waals surface area contributed by atoms with Crippen molar-refractivity contribution in [1.82, 2.24) is 4.90 Å². The van der Waals surface area contributed by atoms with Crippen molar-refractivity contribution in [3.05, 3.63) is 28.8 Å². The molecule has 2 N–H and O–H groups in total. The molecule has 1 saturated heterocycles. The van der Waals surface area contributed by atoms with E-state index in [-0.39, 0.29) is 6.10 Å². The molecule has 0 amide bonds. The Morgan fingerprint density at radius 2 is 1.91 bits per heavy atom. The molecule has 2 rings (SSSR count). The second-order valence-electron chi connectivity index (χ2n) is 7.02. The summed E-state index contributed by atoms with van der Waals surface area (Å²) in [5, 5.41) is 20.1.